The molecule has 0 unspecified atom stereocenters. The smallest absolute Gasteiger partial charge is 0.0431 e. The number of aliphatic hydroxyl groups is 2. The Hall–Kier alpha value is -0.860. The number of unbranched alkanes of at least 4 members (excludes halogenated alkanes) is 3. The Kier molecular flexibility index (Phi) is 67.5. The molecule has 0 saturated carbocycles. The van der Waals surface area contributed by atoms with Crippen LogP contribution < -0.4 is 0 Å². The van der Waals surface area contributed by atoms with Crippen LogP contribution in [-0.4, -0.2) is 23.4 Å². The Balaban J connectivity index is -0.0000000784. The highest BCUT2D eigenvalue weighted by atomic mass is 16.3. The SMILES string of the molecule is C=CC.C=CC.C=CC.OCCCCCCO. The second-order valence-electron chi connectivity index (χ2n) is 3.09. The maximum Gasteiger partial charge on any atom is 0.0431 e. The Bertz CT molecular complexity index is 99.8. The molecule has 0 amide bonds. The summed E-state index contributed by atoms with van der Waals surface area (Å²) in [6.45, 7) is 16.3. The lowest BCUT2D eigenvalue weighted by Crippen LogP contribution is -1.85. The van der Waals surface area contributed by atoms with Gasteiger partial charge in [0.1, 0.15) is 0 Å². The van der Waals surface area contributed by atoms with E-state index >= 15 is 0 Å². The van der Waals surface area contributed by atoms with Gasteiger partial charge in [0.15, 0.2) is 0 Å². The number of hydrogen-bond donors (Lipinski definition) is 2. The topological polar surface area (TPSA) is 40.5 Å². The van der Waals surface area contributed by atoms with Crippen molar-refractivity contribution in [2.45, 2.75) is 46.5 Å². The standard InChI is InChI=1S/C6H14O2.3C3H6/c7-5-3-1-2-4-6-8;3*1-3-2/h7-8H,1-6H2;3*3H,1H2,2H3. The van der Waals surface area contributed by atoms with Crippen LogP contribution in [0.3, 0.4) is 0 Å². The molecule has 2 N–H and O–H groups in total. The van der Waals surface area contributed by atoms with Gasteiger partial charge >= 0.3 is 0 Å². The van der Waals surface area contributed by atoms with Crippen molar-refractivity contribution in [1.29, 1.82) is 0 Å². The van der Waals surface area contributed by atoms with E-state index < -0.39 is 0 Å². The summed E-state index contributed by atoms with van der Waals surface area (Å²) in [5, 5.41) is 16.6. The first-order valence-corrected chi connectivity index (χ1v) is 6.09. The fourth-order valence-electron chi connectivity index (χ4n) is 0.577. The molecule has 17 heavy (non-hydrogen) atoms. The van der Waals surface area contributed by atoms with Crippen molar-refractivity contribution in [2.24, 2.45) is 0 Å². The molecule has 0 radical (unpaired) electrons. The van der Waals surface area contributed by atoms with Crippen LogP contribution >= 0.6 is 0 Å². The summed E-state index contributed by atoms with van der Waals surface area (Å²) in [5.74, 6) is 0. The zero-order chi connectivity index (χ0) is 14.4. The monoisotopic (exact) mass is 244 g/mol. The van der Waals surface area contributed by atoms with Gasteiger partial charge in [-0.05, 0) is 33.6 Å². The van der Waals surface area contributed by atoms with Crippen molar-refractivity contribution in [2.75, 3.05) is 13.2 Å². The molecule has 2 heteroatoms. The fraction of sp³-hybridized carbons (Fsp3) is 0.600. The molecule has 0 heterocycles. The van der Waals surface area contributed by atoms with E-state index in [1.54, 1.807) is 18.2 Å². The molecule has 0 aromatic carbocycles. The maximum atomic E-state index is 8.30. The molecule has 0 aliphatic heterocycles. The van der Waals surface area contributed by atoms with Gasteiger partial charge in [-0.15, -0.1) is 19.7 Å². The Morgan fingerprint density at radius 1 is 0.647 bits per heavy atom. The highest BCUT2D eigenvalue weighted by Crippen LogP contribution is 1.96. The molecule has 0 aromatic heterocycles. The quantitative estimate of drug-likeness (QED) is 0.564. The summed E-state index contributed by atoms with van der Waals surface area (Å²) in [6, 6.07) is 0. The second-order valence-corrected chi connectivity index (χ2v) is 3.09. The molecule has 0 rings (SSSR count). The van der Waals surface area contributed by atoms with Gasteiger partial charge in [0, 0.05) is 13.2 Å². The number of aliphatic hydroxyl groups excluding tert-OH is 2. The molecular weight excluding hydrogens is 212 g/mol. The zero-order valence-corrected chi connectivity index (χ0v) is 12.0. The molecule has 0 aliphatic rings. The Morgan fingerprint density at radius 3 is 0.941 bits per heavy atom. The predicted molar refractivity (Wildman–Crippen MR) is 80.3 cm³/mol. The second kappa shape index (κ2) is 45.7. The van der Waals surface area contributed by atoms with E-state index in [1.165, 1.54) is 0 Å². The lowest BCUT2D eigenvalue weighted by Gasteiger charge is -1.93. The van der Waals surface area contributed by atoms with E-state index in [-0.39, 0.29) is 13.2 Å². The van der Waals surface area contributed by atoms with Crippen LogP contribution in [0, 0.1) is 0 Å². The minimum atomic E-state index is 0.283. The molecule has 0 bridgehead atoms. The summed E-state index contributed by atoms with van der Waals surface area (Å²) in [6.07, 6.45) is 9.08. The van der Waals surface area contributed by atoms with Crippen molar-refractivity contribution < 1.29 is 10.2 Å². The first-order valence-electron chi connectivity index (χ1n) is 6.09. The van der Waals surface area contributed by atoms with Crippen LogP contribution in [0.2, 0.25) is 0 Å². The number of allylic oxidation sites excluding steroid dienone is 3. The third kappa shape index (κ3) is 153. The van der Waals surface area contributed by atoms with Gasteiger partial charge in [-0.2, -0.15) is 0 Å². The van der Waals surface area contributed by atoms with Crippen molar-refractivity contribution in [1.82, 2.24) is 0 Å². The van der Waals surface area contributed by atoms with E-state index in [1.807, 2.05) is 20.8 Å². The Morgan fingerprint density at radius 2 is 0.824 bits per heavy atom. The van der Waals surface area contributed by atoms with Crippen molar-refractivity contribution in [3.8, 4) is 0 Å². The van der Waals surface area contributed by atoms with Gasteiger partial charge in [-0.25, -0.2) is 0 Å². The molecule has 2 nitrogen and oxygen atoms in total. The van der Waals surface area contributed by atoms with Crippen molar-refractivity contribution in [3.05, 3.63) is 38.0 Å². The van der Waals surface area contributed by atoms with E-state index in [0.29, 0.717) is 0 Å². The highest BCUT2D eigenvalue weighted by Gasteiger charge is 1.84. The molecule has 0 atom stereocenters. The fourth-order valence-corrected chi connectivity index (χ4v) is 0.577. The summed E-state index contributed by atoms with van der Waals surface area (Å²) in [4.78, 5) is 0. The van der Waals surface area contributed by atoms with E-state index in [9.17, 15) is 0 Å². The van der Waals surface area contributed by atoms with Gasteiger partial charge in [0.25, 0.3) is 0 Å². The maximum absolute atomic E-state index is 8.30. The normalized spacial score (nSPS) is 6.88. The molecule has 104 valence electrons. The van der Waals surface area contributed by atoms with Crippen molar-refractivity contribution in [3.63, 3.8) is 0 Å². The summed E-state index contributed by atoms with van der Waals surface area (Å²) >= 11 is 0. The molecule has 0 spiro atoms. The van der Waals surface area contributed by atoms with Crippen molar-refractivity contribution >= 4 is 0 Å². The molecule has 0 fully saturated rings. The summed E-state index contributed by atoms with van der Waals surface area (Å²) in [7, 11) is 0. The van der Waals surface area contributed by atoms with Crippen LogP contribution in [0.1, 0.15) is 46.5 Å². The van der Waals surface area contributed by atoms with Crippen LogP contribution in [0.25, 0.3) is 0 Å². The average Bonchev–Trinajstić information content (AvgIpc) is 2.28. The van der Waals surface area contributed by atoms with Gasteiger partial charge < -0.3 is 10.2 Å². The largest absolute Gasteiger partial charge is 0.396 e. The summed E-state index contributed by atoms with van der Waals surface area (Å²) < 4.78 is 0. The van der Waals surface area contributed by atoms with Gasteiger partial charge in [-0.1, -0.05) is 31.1 Å². The van der Waals surface area contributed by atoms with Crippen LogP contribution in [0.4, 0.5) is 0 Å². The molecule has 0 saturated heterocycles. The highest BCUT2D eigenvalue weighted by molar-refractivity contribution is 4.52. The number of rotatable bonds is 5. The van der Waals surface area contributed by atoms with Crippen LogP contribution in [0.5, 0.6) is 0 Å². The zero-order valence-electron chi connectivity index (χ0n) is 12.0. The van der Waals surface area contributed by atoms with E-state index in [4.69, 9.17) is 10.2 Å². The lowest BCUT2D eigenvalue weighted by atomic mass is 10.2. The molecular formula is C15H32O2. The van der Waals surface area contributed by atoms with E-state index in [2.05, 4.69) is 19.7 Å². The van der Waals surface area contributed by atoms with Crippen LogP contribution in [0.15, 0.2) is 38.0 Å². The predicted octanol–water partition coefficient (Wildman–Crippen LogP) is 4.11. The van der Waals surface area contributed by atoms with Crippen LogP contribution in [-0.2, 0) is 0 Å². The number of hydrogen-bond acceptors (Lipinski definition) is 2. The third-order valence-corrected chi connectivity index (χ3v) is 1.07. The van der Waals surface area contributed by atoms with Gasteiger partial charge in [-0.3, -0.25) is 0 Å². The first-order chi connectivity index (χ1) is 8.16. The summed E-state index contributed by atoms with van der Waals surface area (Å²) in [5.41, 5.74) is 0. The molecule has 0 aromatic rings. The average molecular weight is 244 g/mol. The van der Waals surface area contributed by atoms with E-state index in [0.717, 1.165) is 25.7 Å². The molecule has 0 aliphatic carbocycles. The minimum Gasteiger partial charge on any atom is -0.396 e. The Labute approximate surface area is 108 Å². The van der Waals surface area contributed by atoms with Gasteiger partial charge in [0.2, 0.25) is 0 Å². The lowest BCUT2D eigenvalue weighted by molar-refractivity contribution is 0.265. The third-order valence-electron chi connectivity index (χ3n) is 1.07. The minimum absolute atomic E-state index is 0.283. The van der Waals surface area contributed by atoms with Gasteiger partial charge in [0.05, 0.1) is 0 Å². The first kappa shape index (κ1) is 25.1.